The van der Waals surface area contributed by atoms with Crippen LogP contribution in [0.2, 0.25) is 0 Å². The molecule has 2 rings (SSSR count). The van der Waals surface area contributed by atoms with E-state index in [1.165, 1.54) is 7.05 Å². The van der Waals surface area contributed by atoms with Crippen LogP contribution in [0.4, 0.5) is 5.69 Å². The molecule has 0 aliphatic heterocycles. The Hall–Kier alpha value is -1.93. The van der Waals surface area contributed by atoms with Gasteiger partial charge in [0.15, 0.2) is 5.82 Å². The van der Waals surface area contributed by atoms with Gasteiger partial charge in [-0.2, -0.15) is 5.10 Å². The van der Waals surface area contributed by atoms with Crippen LogP contribution in [-0.4, -0.2) is 36.8 Å². The highest BCUT2D eigenvalue weighted by Crippen LogP contribution is 2.20. The molecular weight excluding hydrogens is 278 g/mol. The molecule has 0 bridgehead atoms. The molecule has 0 radical (unpaired) electrons. The third kappa shape index (κ3) is 3.34. The number of hydrogen-bond acceptors (Lipinski definition) is 5. The van der Waals surface area contributed by atoms with Gasteiger partial charge >= 0.3 is 0 Å². The van der Waals surface area contributed by atoms with Gasteiger partial charge in [0.25, 0.3) is 0 Å². The second-order valence-corrected chi connectivity index (χ2v) is 6.07. The number of para-hydroxylation sites is 1. The lowest BCUT2D eigenvalue weighted by Crippen LogP contribution is -2.20. The van der Waals surface area contributed by atoms with Crippen LogP contribution in [0.5, 0.6) is 0 Å². The minimum absolute atomic E-state index is 0.233. The summed E-state index contributed by atoms with van der Waals surface area (Å²) in [5.41, 5.74) is 0.567. The Kier molecular flexibility index (Phi) is 4.35. The SMILES string of the molecule is CNS(=O)(=O)c1ccccc1NCCc1ncn(C)n1. The maximum Gasteiger partial charge on any atom is 0.242 e. The fourth-order valence-electron chi connectivity index (χ4n) is 1.76. The highest BCUT2D eigenvalue weighted by Gasteiger charge is 2.15. The Bertz CT molecular complexity index is 681. The largest absolute Gasteiger partial charge is 0.383 e. The number of aryl methyl sites for hydroxylation is 1. The second-order valence-electron chi connectivity index (χ2n) is 4.21. The number of aromatic nitrogens is 3. The smallest absolute Gasteiger partial charge is 0.242 e. The average molecular weight is 295 g/mol. The number of benzene rings is 1. The molecule has 0 atom stereocenters. The normalized spacial score (nSPS) is 11.5. The Labute approximate surface area is 118 Å². The summed E-state index contributed by atoms with van der Waals surface area (Å²) in [6.45, 7) is 0.556. The minimum Gasteiger partial charge on any atom is -0.383 e. The van der Waals surface area contributed by atoms with E-state index in [1.54, 1.807) is 42.3 Å². The molecule has 1 aromatic carbocycles. The first-order valence-electron chi connectivity index (χ1n) is 6.14. The first-order chi connectivity index (χ1) is 9.53. The Morgan fingerprint density at radius 1 is 1.30 bits per heavy atom. The summed E-state index contributed by atoms with van der Waals surface area (Å²) in [4.78, 5) is 4.35. The number of hydrogen-bond donors (Lipinski definition) is 2. The molecule has 0 saturated carbocycles. The molecule has 108 valence electrons. The maximum absolute atomic E-state index is 11.9. The van der Waals surface area contributed by atoms with E-state index in [9.17, 15) is 8.42 Å². The molecule has 0 saturated heterocycles. The van der Waals surface area contributed by atoms with Gasteiger partial charge in [-0.15, -0.1) is 0 Å². The van der Waals surface area contributed by atoms with Gasteiger partial charge in [0, 0.05) is 20.0 Å². The van der Waals surface area contributed by atoms with E-state index in [0.29, 0.717) is 24.5 Å². The lowest BCUT2D eigenvalue weighted by Gasteiger charge is -2.11. The Balaban J connectivity index is 2.06. The Morgan fingerprint density at radius 3 is 2.70 bits per heavy atom. The highest BCUT2D eigenvalue weighted by atomic mass is 32.2. The molecule has 2 aromatic rings. The van der Waals surface area contributed by atoms with Crippen molar-refractivity contribution >= 4 is 15.7 Å². The molecule has 0 amide bonds. The predicted octanol–water partition coefficient (Wildman–Crippen LogP) is 0.378. The summed E-state index contributed by atoms with van der Waals surface area (Å²) in [7, 11) is -0.271. The van der Waals surface area contributed by atoms with Crippen molar-refractivity contribution in [1.29, 1.82) is 0 Å². The average Bonchev–Trinajstić information content (AvgIpc) is 2.85. The molecule has 0 fully saturated rings. The van der Waals surface area contributed by atoms with E-state index in [2.05, 4.69) is 20.1 Å². The summed E-state index contributed by atoms with van der Waals surface area (Å²) in [5, 5.41) is 7.27. The van der Waals surface area contributed by atoms with Crippen molar-refractivity contribution < 1.29 is 8.42 Å². The van der Waals surface area contributed by atoms with Gasteiger partial charge in [-0.05, 0) is 19.2 Å². The van der Waals surface area contributed by atoms with E-state index in [0.717, 1.165) is 0 Å². The maximum atomic E-state index is 11.9. The van der Waals surface area contributed by atoms with E-state index in [4.69, 9.17) is 0 Å². The van der Waals surface area contributed by atoms with Crippen molar-refractivity contribution in [3.05, 3.63) is 36.4 Å². The van der Waals surface area contributed by atoms with Crippen molar-refractivity contribution in [3.63, 3.8) is 0 Å². The zero-order chi connectivity index (χ0) is 14.6. The van der Waals surface area contributed by atoms with Gasteiger partial charge in [0.2, 0.25) is 10.0 Å². The number of sulfonamides is 1. The van der Waals surface area contributed by atoms with Crippen LogP contribution in [-0.2, 0) is 23.5 Å². The van der Waals surface area contributed by atoms with Crippen molar-refractivity contribution in [1.82, 2.24) is 19.5 Å². The lowest BCUT2D eigenvalue weighted by atomic mass is 10.3. The first kappa shape index (κ1) is 14.5. The summed E-state index contributed by atoms with van der Waals surface area (Å²) >= 11 is 0. The fourth-order valence-corrected chi connectivity index (χ4v) is 2.67. The topological polar surface area (TPSA) is 88.9 Å². The van der Waals surface area contributed by atoms with Crippen LogP contribution < -0.4 is 10.0 Å². The Morgan fingerprint density at radius 2 is 2.05 bits per heavy atom. The second kappa shape index (κ2) is 6.02. The first-order valence-corrected chi connectivity index (χ1v) is 7.62. The monoisotopic (exact) mass is 295 g/mol. The number of nitrogens with zero attached hydrogens (tertiary/aromatic N) is 3. The van der Waals surface area contributed by atoms with E-state index in [-0.39, 0.29) is 4.90 Å². The van der Waals surface area contributed by atoms with Crippen LogP contribution in [0, 0.1) is 0 Å². The standard InChI is InChI=1S/C12H17N5O2S/c1-13-20(18,19)11-6-4-3-5-10(11)14-8-7-12-15-9-17(2)16-12/h3-6,9,13-14H,7-8H2,1-2H3. The van der Waals surface area contributed by atoms with Gasteiger partial charge in [-0.3, -0.25) is 4.68 Å². The number of rotatable bonds is 6. The van der Waals surface area contributed by atoms with Gasteiger partial charge in [-0.1, -0.05) is 12.1 Å². The molecule has 0 aliphatic carbocycles. The zero-order valence-corrected chi connectivity index (χ0v) is 12.2. The minimum atomic E-state index is -3.47. The van der Waals surface area contributed by atoms with Crippen LogP contribution in [0.15, 0.2) is 35.5 Å². The molecule has 8 heteroatoms. The lowest BCUT2D eigenvalue weighted by molar-refractivity contribution is 0.588. The highest BCUT2D eigenvalue weighted by molar-refractivity contribution is 7.89. The van der Waals surface area contributed by atoms with Gasteiger partial charge < -0.3 is 5.32 Å². The third-order valence-corrected chi connectivity index (χ3v) is 4.23. The van der Waals surface area contributed by atoms with Crippen LogP contribution in [0.1, 0.15) is 5.82 Å². The van der Waals surface area contributed by atoms with E-state index < -0.39 is 10.0 Å². The molecule has 7 nitrogen and oxygen atoms in total. The molecule has 0 aliphatic rings. The predicted molar refractivity (Wildman–Crippen MR) is 75.9 cm³/mol. The fraction of sp³-hybridized carbons (Fsp3) is 0.333. The van der Waals surface area contributed by atoms with Crippen LogP contribution >= 0.6 is 0 Å². The van der Waals surface area contributed by atoms with Gasteiger partial charge in [-0.25, -0.2) is 18.1 Å². The molecular formula is C12H17N5O2S. The molecule has 20 heavy (non-hydrogen) atoms. The number of anilines is 1. The van der Waals surface area contributed by atoms with E-state index >= 15 is 0 Å². The number of nitrogens with one attached hydrogen (secondary N) is 2. The summed E-state index contributed by atoms with van der Waals surface area (Å²) in [6, 6.07) is 6.77. The van der Waals surface area contributed by atoms with E-state index in [1.807, 2.05) is 0 Å². The third-order valence-electron chi connectivity index (χ3n) is 2.76. The molecule has 0 spiro atoms. The summed E-state index contributed by atoms with van der Waals surface area (Å²) in [5.74, 6) is 0.717. The van der Waals surface area contributed by atoms with Crippen LogP contribution in [0.25, 0.3) is 0 Å². The zero-order valence-electron chi connectivity index (χ0n) is 11.4. The van der Waals surface area contributed by atoms with Crippen molar-refractivity contribution in [2.75, 3.05) is 18.9 Å². The van der Waals surface area contributed by atoms with Crippen molar-refractivity contribution in [2.24, 2.45) is 7.05 Å². The molecule has 0 unspecified atom stereocenters. The quantitative estimate of drug-likeness (QED) is 0.804. The summed E-state index contributed by atoms with van der Waals surface area (Å²) in [6.07, 6.45) is 2.25. The molecule has 1 heterocycles. The van der Waals surface area contributed by atoms with Crippen molar-refractivity contribution in [3.8, 4) is 0 Å². The molecule has 1 aromatic heterocycles. The van der Waals surface area contributed by atoms with Gasteiger partial charge in [0.1, 0.15) is 11.2 Å². The van der Waals surface area contributed by atoms with Gasteiger partial charge in [0.05, 0.1) is 5.69 Å². The van der Waals surface area contributed by atoms with Crippen LogP contribution in [0.3, 0.4) is 0 Å². The van der Waals surface area contributed by atoms with Crippen molar-refractivity contribution in [2.45, 2.75) is 11.3 Å². The summed E-state index contributed by atoms with van der Waals surface area (Å²) < 4.78 is 27.7. The molecule has 2 N–H and O–H groups in total.